The first-order valence-corrected chi connectivity index (χ1v) is 8.83. The van der Waals surface area contributed by atoms with E-state index in [9.17, 15) is 4.79 Å². The molecule has 0 saturated carbocycles. The lowest BCUT2D eigenvalue weighted by Crippen LogP contribution is -2.40. The van der Waals surface area contributed by atoms with E-state index in [-0.39, 0.29) is 6.54 Å². The van der Waals surface area contributed by atoms with Gasteiger partial charge < -0.3 is 19.5 Å². The Balaban J connectivity index is 2.24. The maximum atomic E-state index is 12.9. The number of hydrogen-bond donors (Lipinski definition) is 1. The second kappa shape index (κ2) is 10.0. The number of carbonyl (C=O) groups excluding carboxylic acids is 1. The highest BCUT2D eigenvalue weighted by Crippen LogP contribution is 2.22. The molecule has 0 unspecified atom stereocenters. The lowest BCUT2D eigenvalue weighted by molar-refractivity contribution is -0.0943. The molecule has 6 nitrogen and oxygen atoms in total. The van der Waals surface area contributed by atoms with E-state index >= 15 is 0 Å². The zero-order chi connectivity index (χ0) is 19.8. The minimum atomic E-state index is -0.580. The first-order chi connectivity index (χ1) is 12.9. The zero-order valence-corrected chi connectivity index (χ0v) is 16.7. The predicted octanol–water partition coefficient (Wildman–Crippen LogP) is 4.38. The number of carbonyl (C=O) groups is 1. The fraction of sp³-hybridized carbons (Fsp3) is 0.300. The third kappa shape index (κ3) is 6.32. The van der Waals surface area contributed by atoms with Crippen molar-refractivity contribution in [3.8, 4) is 5.75 Å². The Bertz CT molecular complexity index is 793. The maximum absolute atomic E-state index is 12.9. The van der Waals surface area contributed by atoms with Crippen LogP contribution in [0.2, 0.25) is 0 Å². The minimum Gasteiger partial charge on any atom is -0.410 e. The van der Waals surface area contributed by atoms with Crippen molar-refractivity contribution >= 4 is 34.7 Å². The molecule has 144 valence electrons. The molecule has 0 bridgehead atoms. The number of nitrogens with one attached hydrogen (secondary N) is 1. The number of rotatable bonds is 7. The van der Waals surface area contributed by atoms with Gasteiger partial charge in [0.15, 0.2) is 6.29 Å². The highest BCUT2D eigenvalue weighted by atomic mass is 32.1. The summed E-state index contributed by atoms with van der Waals surface area (Å²) in [6.45, 7) is 3.93. The second-order valence-electron chi connectivity index (χ2n) is 5.93. The smallest absolute Gasteiger partial charge is 0.410 e. The minimum absolute atomic E-state index is 0.187. The molecule has 0 spiro atoms. The van der Waals surface area contributed by atoms with Gasteiger partial charge in [0.1, 0.15) is 5.75 Å². The molecule has 0 saturated heterocycles. The lowest BCUT2D eigenvalue weighted by atomic mass is 10.2. The van der Waals surface area contributed by atoms with Gasteiger partial charge in [-0.3, -0.25) is 4.90 Å². The Hall–Kier alpha value is -2.48. The first kappa shape index (κ1) is 20.8. The van der Waals surface area contributed by atoms with E-state index in [1.807, 2.05) is 37.3 Å². The average molecular weight is 388 g/mol. The summed E-state index contributed by atoms with van der Waals surface area (Å²) < 4.78 is 16.1. The van der Waals surface area contributed by atoms with Crippen molar-refractivity contribution in [2.75, 3.05) is 31.0 Å². The molecule has 0 atom stereocenters. The maximum Gasteiger partial charge on any atom is 0.419 e. The quantitative estimate of drug-likeness (QED) is 0.561. The van der Waals surface area contributed by atoms with Gasteiger partial charge in [0, 0.05) is 31.7 Å². The zero-order valence-electron chi connectivity index (χ0n) is 15.9. The van der Waals surface area contributed by atoms with Gasteiger partial charge in [0.05, 0.1) is 11.5 Å². The molecule has 2 aromatic carbocycles. The van der Waals surface area contributed by atoms with Crippen molar-refractivity contribution < 1.29 is 19.0 Å². The molecule has 0 aliphatic rings. The molecular weight excluding hydrogens is 364 g/mol. The van der Waals surface area contributed by atoms with Crippen LogP contribution in [0.5, 0.6) is 5.75 Å². The summed E-state index contributed by atoms with van der Waals surface area (Å²) in [6.07, 6.45) is -1.11. The number of aryl methyl sites for hydroxylation is 1. The van der Waals surface area contributed by atoms with E-state index in [4.69, 9.17) is 26.4 Å². The molecule has 0 aliphatic heterocycles. The lowest BCUT2D eigenvalue weighted by Gasteiger charge is -2.26. The van der Waals surface area contributed by atoms with Crippen LogP contribution in [0.1, 0.15) is 12.5 Å². The van der Waals surface area contributed by atoms with Crippen molar-refractivity contribution in [3.63, 3.8) is 0 Å². The fourth-order valence-corrected chi connectivity index (χ4v) is 2.59. The van der Waals surface area contributed by atoms with Gasteiger partial charge in [0.2, 0.25) is 0 Å². The van der Waals surface area contributed by atoms with Crippen molar-refractivity contribution in [3.05, 3.63) is 54.1 Å². The summed E-state index contributed by atoms with van der Waals surface area (Å²) in [5.41, 5.74) is 2.48. The highest BCUT2D eigenvalue weighted by Gasteiger charge is 2.22. The van der Waals surface area contributed by atoms with Gasteiger partial charge >= 0.3 is 6.09 Å². The van der Waals surface area contributed by atoms with Gasteiger partial charge in [-0.15, -0.1) is 0 Å². The van der Waals surface area contributed by atoms with Crippen LogP contribution in [0.3, 0.4) is 0 Å². The monoisotopic (exact) mass is 388 g/mol. The van der Waals surface area contributed by atoms with Crippen LogP contribution < -0.4 is 15.0 Å². The van der Waals surface area contributed by atoms with E-state index in [0.717, 1.165) is 11.3 Å². The van der Waals surface area contributed by atoms with Crippen LogP contribution in [0.25, 0.3) is 0 Å². The summed E-state index contributed by atoms with van der Waals surface area (Å²) >= 11 is 5.05. The van der Waals surface area contributed by atoms with E-state index < -0.39 is 12.4 Å². The molecule has 0 fully saturated rings. The molecule has 27 heavy (non-hydrogen) atoms. The van der Waals surface area contributed by atoms with Crippen molar-refractivity contribution in [1.29, 1.82) is 0 Å². The van der Waals surface area contributed by atoms with Gasteiger partial charge in [-0.25, -0.2) is 4.79 Å². The predicted molar refractivity (Wildman–Crippen MR) is 111 cm³/mol. The van der Waals surface area contributed by atoms with Crippen molar-refractivity contribution in [2.45, 2.75) is 20.1 Å². The molecule has 1 amide bonds. The normalized spacial score (nSPS) is 10.6. The number of nitrogens with zero attached hydrogens (tertiary/aromatic N) is 1. The molecule has 7 heteroatoms. The Morgan fingerprint density at radius 2 is 1.85 bits per heavy atom. The van der Waals surface area contributed by atoms with E-state index in [0.29, 0.717) is 16.4 Å². The number of hydrogen-bond acceptors (Lipinski definition) is 5. The SMILES string of the molecule is COC(CN(C(=O)Oc1cccc(NC(C)=S)c1)c1cccc(C)c1)OC. The Morgan fingerprint density at radius 3 is 2.48 bits per heavy atom. The summed E-state index contributed by atoms with van der Waals surface area (Å²) in [7, 11) is 3.05. The molecule has 0 aromatic heterocycles. The van der Waals surface area contributed by atoms with Crippen LogP contribution >= 0.6 is 12.2 Å². The number of anilines is 2. The van der Waals surface area contributed by atoms with Crippen LogP contribution in [-0.2, 0) is 9.47 Å². The second-order valence-corrected chi connectivity index (χ2v) is 6.54. The van der Waals surface area contributed by atoms with Gasteiger partial charge in [-0.2, -0.15) is 0 Å². The number of amides is 1. The Labute approximate surface area is 165 Å². The molecule has 2 rings (SSSR count). The summed E-state index contributed by atoms with van der Waals surface area (Å²) in [6, 6.07) is 14.6. The van der Waals surface area contributed by atoms with Crippen LogP contribution in [0, 0.1) is 6.92 Å². The van der Waals surface area contributed by atoms with Gasteiger partial charge in [0.25, 0.3) is 0 Å². The topological polar surface area (TPSA) is 60.0 Å². The Morgan fingerprint density at radius 1 is 1.15 bits per heavy atom. The van der Waals surface area contributed by atoms with E-state index in [1.165, 1.54) is 19.1 Å². The number of methoxy groups -OCH3 is 2. The third-order valence-electron chi connectivity index (χ3n) is 3.75. The standard InChI is InChI=1S/C20H24N2O4S/c1-14-7-5-9-17(11-14)22(13-19(24-3)25-4)20(23)26-18-10-6-8-16(12-18)21-15(2)27/h5-12,19H,13H2,1-4H3,(H,21,27). The number of thiocarbonyl (C=S) groups is 1. The van der Waals surface area contributed by atoms with Gasteiger partial charge in [-0.05, 0) is 43.7 Å². The summed E-state index contributed by atoms with van der Waals surface area (Å²) in [5, 5.41) is 3.02. The van der Waals surface area contributed by atoms with Gasteiger partial charge in [-0.1, -0.05) is 30.4 Å². The van der Waals surface area contributed by atoms with Crippen molar-refractivity contribution in [2.24, 2.45) is 0 Å². The van der Waals surface area contributed by atoms with Crippen LogP contribution in [-0.4, -0.2) is 38.1 Å². The van der Waals surface area contributed by atoms with E-state index in [2.05, 4.69) is 5.32 Å². The summed E-state index contributed by atoms with van der Waals surface area (Å²) in [4.78, 5) is 15.0. The highest BCUT2D eigenvalue weighted by molar-refractivity contribution is 7.80. The molecule has 0 heterocycles. The fourth-order valence-electron chi connectivity index (χ4n) is 2.47. The molecule has 1 N–H and O–H groups in total. The summed E-state index contributed by atoms with van der Waals surface area (Å²) in [5.74, 6) is 0.408. The van der Waals surface area contributed by atoms with Crippen LogP contribution in [0.4, 0.5) is 16.2 Å². The third-order valence-corrected chi connectivity index (χ3v) is 3.85. The molecule has 0 aliphatic carbocycles. The average Bonchev–Trinajstić information content (AvgIpc) is 2.62. The Kier molecular flexibility index (Phi) is 7.72. The number of ether oxygens (including phenoxy) is 3. The molecule has 2 aromatic rings. The first-order valence-electron chi connectivity index (χ1n) is 8.42. The van der Waals surface area contributed by atoms with Crippen LogP contribution in [0.15, 0.2) is 48.5 Å². The molecular formula is C20H24N2O4S. The van der Waals surface area contributed by atoms with Crippen molar-refractivity contribution in [1.82, 2.24) is 0 Å². The van der Waals surface area contributed by atoms with E-state index in [1.54, 1.807) is 25.1 Å². The largest absolute Gasteiger partial charge is 0.419 e. The number of benzene rings is 2. The molecule has 0 radical (unpaired) electrons.